The van der Waals surface area contributed by atoms with Crippen LogP contribution in [0, 0.1) is 5.92 Å². The molecule has 4 nitrogen and oxygen atoms in total. The molecule has 0 aliphatic carbocycles. The Morgan fingerprint density at radius 1 is 1.43 bits per heavy atom. The molecule has 14 heavy (non-hydrogen) atoms. The van der Waals surface area contributed by atoms with E-state index in [-0.39, 0.29) is 12.0 Å². The Balaban J connectivity index is 4.76. The zero-order valence-electron chi connectivity index (χ0n) is 8.06. The Morgan fingerprint density at radius 2 is 2.00 bits per heavy atom. The van der Waals surface area contributed by atoms with Gasteiger partial charge in [-0.05, 0) is 6.42 Å². The molecular formula is C10H14O4. The van der Waals surface area contributed by atoms with Gasteiger partial charge in [-0.25, -0.2) is 4.79 Å². The molecule has 0 heterocycles. The fourth-order valence-corrected chi connectivity index (χ4v) is 1.19. The Bertz CT molecular complexity index is 265. The van der Waals surface area contributed by atoms with E-state index in [9.17, 15) is 9.59 Å². The molecule has 0 saturated carbocycles. The second-order valence-corrected chi connectivity index (χ2v) is 2.87. The van der Waals surface area contributed by atoms with Crippen LogP contribution in [0.5, 0.6) is 0 Å². The largest absolute Gasteiger partial charge is 0.481 e. The normalized spacial score (nSPS) is 13.4. The van der Waals surface area contributed by atoms with Crippen LogP contribution >= 0.6 is 0 Å². The first-order chi connectivity index (χ1) is 6.52. The van der Waals surface area contributed by atoms with Gasteiger partial charge in [0.1, 0.15) is 0 Å². The van der Waals surface area contributed by atoms with Crippen molar-refractivity contribution in [1.29, 1.82) is 0 Å². The van der Waals surface area contributed by atoms with Crippen LogP contribution in [0.3, 0.4) is 0 Å². The molecule has 1 unspecified atom stereocenters. The van der Waals surface area contributed by atoms with E-state index < -0.39 is 17.9 Å². The van der Waals surface area contributed by atoms with Gasteiger partial charge in [0.15, 0.2) is 0 Å². The van der Waals surface area contributed by atoms with Crippen LogP contribution in [-0.2, 0) is 9.59 Å². The van der Waals surface area contributed by atoms with Crippen LogP contribution < -0.4 is 0 Å². The third-order valence-corrected chi connectivity index (χ3v) is 1.90. The Kier molecular flexibility index (Phi) is 5.29. The van der Waals surface area contributed by atoms with E-state index in [4.69, 9.17) is 10.2 Å². The van der Waals surface area contributed by atoms with E-state index in [2.05, 4.69) is 6.58 Å². The Labute approximate surface area is 82.6 Å². The van der Waals surface area contributed by atoms with Crippen molar-refractivity contribution in [2.24, 2.45) is 5.92 Å². The second-order valence-electron chi connectivity index (χ2n) is 2.87. The Hall–Kier alpha value is -1.58. The quantitative estimate of drug-likeness (QED) is 0.503. The van der Waals surface area contributed by atoms with E-state index in [1.807, 2.05) is 0 Å². The first-order valence-electron chi connectivity index (χ1n) is 4.30. The zero-order valence-corrected chi connectivity index (χ0v) is 8.06. The summed E-state index contributed by atoms with van der Waals surface area (Å²) in [6.07, 6.45) is 3.02. The minimum Gasteiger partial charge on any atom is -0.481 e. The van der Waals surface area contributed by atoms with Crippen LogP contribution in [0.1, 0.15) is 19.8 Å². The van der Waals surface area contributed by atoms with Gasteiger partial charge < -0.3 is 10.2 Å². The van der Waals surface area contributed by atoms with Gasteiger partial charge in [0.05, 0.1) is 6.42 Å². The summed E-state index contributed by atoms with van der Waals surface area (Å²) in [7, 11) is 0. The third-order valence-electron chi connectivity index (χ3n) is 1.90. The lowest BCUT2D eigenvalue weighted by atomic mass is 9.92. The van der Waals surface area contributed by atoms with Gasteiger partial charge in [-0.15, -0.1) is 0 Å². The smallest absolute Gasteiger partial charge is 0.331 e. The number of carboxylic acids is 2. The van der Waals surface area contributed by atoms with E-state index in [1.165, 1.54) is 12.2 Å². The maximum atomic E-state index is 10.8. The predicted molar refractivity (Wildman–Crippen MR) is 51.9 cm³/mol. The highest BCUT2D eigenvalue weighted by molar-refractivity contribution is 5.88. The van der Waals surface area contributed by atoms with Gasteiger partial charge in [0, 0.05) is 11.5 Å². The van der Waals surface area contributed by atoms with Crippen molar-refractivity contribution in [2.45, 2.75) is 19.8 Å². The predicted octanol–water partition coefficient (Wildman–Crippen LogP) is 1.68. The second kappa shape index (κ2) is 5.96. The van der Waals surface area contributed by atoms with Gasteiger partial charge in [0.25, 0.3) is 0 Å². The first-order valence-corrected chi connectivity index (χ1v) is 4.30. The molecule has 2 N–H and O–H groups in total. The van der Waals surface area contributed by atoms with E-state index in [1.54, 1.807) is 6.92 Å². The van der Waals surface area contributed by atoms with Crippen molar-refractivity contribution >= 4 is 11.9 Å². The third kappa shape index (κ3) is 3.89. The maximum absolute atomic E-state index is 10.8. The van der Waals surface area contributed by atoms with Gasteiger partial charge in [0.2, 0.25) is 0 Å². The minimum absolute atomic E-state index is 0.102. The molecule has 0 aliphatic heterocycles. The number of carbonyl (C=O) groups is 2. The molecule has 0 saturated heterocycles. The summed E-state index contributed by atoms with van der Waals surface area (Å²) < 4.78 is 0. The molecular weight excluding hydrogens is 184 g/mol. The highest BCUT2D eigenvalue weighted by atomic mass is 16.4. The van der Waals surface area contributed by atoms with Crippen molar-refractivity contribution in [3.63, 3.8) is 0 Å². The van der Waals surface area contributed by atoms with Crippen LogP contribution in [0.15, 0.2) is 24.3 Å². The molecule has 0 radical (unpaired) electrons. The topological polar surface area (TPSA) is 74.6 Å². The lowest BCUT2D eigenvalue weighted by molar-refractivity contribution is -0.138. The number of hydrogen-bond acceptors (Lipinski definition) is 2. The molecule has 1 atom stereocenters. The lowest BCUT2D eigenvalue weighted by Crippen LogP contribution is -2.15. The van der Waals surface area contributed by atoms with Crippen LogP contribution in [0.4, 0.5) is 0 Å². The number of carboxylic acid groups (broad SMARTS) is 2. The van der Waals surface area contributed by atoms with Gasteiger partial charge >= 0.3 is 11.9 Å². The van der Waals surface area contributed by atoms with E-state index >= 15 is 0 Å². The summed E-state index contributed by atoms with van der Waals surface area (Å²) in [6.45, 7) is 5.15. The lowest BCUT2D eigenvalue weighted by Gasteiger charge is -2.12. The molecule has 0 amide bonds. The van der Waals surface area contributed by atoms with E-state index in [0.717, 1.165) is 0 Å². The molecule has 78 valence electrons. The summed E-state index contributed by atoms with van der Waals surface area (Å²) in [6, 6.07) is 0. The van der Waals surface area contributed by atoms with Crippen LogP contribution in [-0.4, -0.2) is 22.2 Å². The van der Waals surface area contributed by atoms with Crippen LogP contribution in [0.2, 0.25) is 0 Å². The number of hydrogen-bond donors (Lipinski definition) is 2. The zero-order chi connectivity index (χ0) is 11.1. The molecule has 0 bridgehead atoms. The van der Waals surface area contributed by atoms with Crippen molar-refractivity contribution < 1.29 is 19.8 Å². The van der Waals surface area contributed by atoms with Crippen LogP contribution in [0.25, 0.3) is 0 Å². The van der Waals surface area contributed by atoms with Crippen molar-refractivity contribution in [3.8, 4) is 0 Å². The summed E-state index contributed by atoms with van der Waals surface area (Å²) in [5.41, 5.74) is 0.102. The molecule has 0 spiro atoms. The van der Waals surface area contributed by atoms with Crippen molar-refractivity contribution in [3.05, 3.63) is 24.3 Å². The van der Waals surface area contributed by atoms with Gasteiger partial charge in [-0.2, -0.15) is 0 Å². The fraction of sp³-hybridized carbons (Fsp3) is 0.400. The molecule has 0 aromatic rings. The first kappa shape index (κ1) is 12.4. The molecule has 0 aliphatic rings. The fourth-order valence-electron chi connectivity index (χ4n) is 1.19. The van der Waals surface area contributed by atoms with E-state index in [0.29, 0.717) is 6.42 Å². The summed E-state index contributed by atoms with van der Waals surface area (Å²) in [4.78, 5) is 21.2. The van der Waals surface area contributed by atoms with Gasteiger partial charge in [-0.3, -0.25) is 4.79 Å². The SMILES string of the molecule is C=CC=C(C(=O)O)C(CC)CC(=O)O. The monoisotopic (exact) mass is 198 g/mol. The number of allylic oxidation sites excluding steroid dienone is 2. The average Bonchev–Trinajstić information content (AvgIpc) is 2.10. The van der Waals surface area contributed by atoms with Crippen molar-refractivity contribution in [1.82, 2.24) is 0 Å². The number of aliphatic carboxylic acids is 2. The summed E-state index contributed by atoms with van der Waals surface area (Å²) in [5, 5.41) is 17.4. The summed E-state index contributed by atoms with van der Waals surface area (Å²) in [5.74, 6) is -2.53. The molecule has 4 heteroatoms. The average molecular weight is 198 g/mol. The number of rotatable bonds is 6. The summed E-state index contributed by atoms with van der Waals surface area (Å²) >= 11 is 0. The van der Waals surface area contributed by atoms with Crippen molar-refractivity contribution in [2.75, 3.05) is 0 Å². The molecule has 0 aromatic carbocycles. The molecule has 0 rings (SSSR count). The minimum atomic E-state index is -1.09. The highest BCUT2D eigenvalue weighted by Gasteiger charge is 2.20. The Morgan fingerprint density at radius 3 is 2.29 bits per heavy atom. The van der Waals surface area contributed by atoms with Gasteiger partial charge in [-0.1, -0.05) is 25.7 Å². The standard InChI is InChI=1S/C10H14O4/c1-3-5-8(10(13)14)7(4-2)6-9(11)12/h3,5,7H,1,4,6H2,2H3,(H,11,12)(H,13,14). The molecule has 0 aromatic heterocycles. The maximum Gasteiger partial charge on any atom is 0.331 e. The molecule has 0 fully saturated rings. The highest BCUT2D eigenvalue weighted by Crippen LogP contribution is 2.19.